The predicted octanol–water partition coefficient (Wildman–Crippen LogP) is 4.38. The van der Waals surface area contributed by atoms with Gasteiger partial charge in [0, 0.05) is 34.8 Å². The summed E-state index contributed by atoms with van der Waals surface area (Å²) in [5.74, 6) is -1.97. The molecule has 4 nitrogen and oxygen atoms in total. The van der Waals surface area contributed by atoms with E-state index in [1.807, 2.05) is 0 Å². The SMILES string of the molecule is O=C(O)C1CC(=O)N(c2ccc(-c3cc(C(F)F)ccc3Cl)cc2)C1. The second kappa shape index (κ2) is 6.80. The van der Waals surface area contributed by atoms with Gasteiger partial charge in [0.2, 0.25) is 5.91 Å². The minimum absolute atomic E-state index is 0.0284. The van der Waals surface area contributed by atoms with Crippen molar-refractivity contribution >= 4 is 29.2 Å². The second-order valence-electron chi connectivity index (χ2n) is 5.83. The van der Waals surface area contributed by atoms with Crippen molar-refractivity contribution in [3.05, 3.63) is 53.1 Å². The van der Waals surface area contributed by atoms with E-state index in [1.165, 1.54) is 23.1 Å². The molecule has 7 heteroatoms. The highest BCUT2D eigenvalue weighted by Crippen LogP contribution is 2.34. The maximum Gasteiger partial charge on any atom is 0.308 e. The molecule has 1 amide bonds. The lowest BCUT2D eigenvalue weighted by Crippen LogP contribution is -2.25. The van der Waals surface area contributed by atoms with Crippen LogP contribution < -0.4 is 4.90 Å². The summed E-state index contributed by atoms with van der Waals surface area (Å²) >= 11 is 6.10. The van der Waals surface area contributed by atoms with Crippen LogP contribution in [0.3, 0.4) is 0 Å². The molecule has 2 aromatic rings. The first-order valence-corrected chi connectivity index (χ1v) is 7.96. The molecule has 1 atom stereocenters. The summed E-state index contributed by atoms with van der Waals surface area (Å²) in [4.78, 5) is 24.4. The third kappa shape index (κ3) is 3.49. The molecule has 0 radical (unpaired) electrons. The highest BCUT2D eigenvalue weighted by Gasteiger charge is 2.34. The Morgan fingerprint density at radius 1 is 1.20 bits per heavy atom. The van der Waals surface area contributed by atoms with Gasteiger partial charge < -0.3 is 10.0 Å². The molecular formula is C18H14ClF2NO3. The Balaban J connectivity index is 1.87. The number of carbonyl (C=O) groups is 2. The van der Waals surface area contributed by atoms with E-state index in [9.17, 15) is 18.4 Å². The number of hydrogen-bond acceptors (Lipinski definition) is 2. The van der Waals surface area contributed by atoms with E-state index >= 15 is 0 Å². The average Bonchev–Trinajstić information content (AvgIpc) is 2.97. The topological polar surface area (TPSA) is 57.6 Å². The van der Waals surface area contributed by atoms with Gasteiger partial charge in [0.05, 0.1) is 5.92 Å². The minimum Gasteiger partial charge on any atom is -0.481 e. The van der Waals surface area contributed by atoms with E-state index in [2.05, 4.69) is 0 Å². The third-order valence-corrected chi connectivity index (χ3v) is 4.54. The molecule has 0 aromatic heterocycles. The summed E-state index contributed by atoms with van der Waals surface area (Å²) in [6.07, 6.45) is -2.62. The monoisotopic (exact) mass is 365 g/mol. The van der Waals surface area contributed by atoms with Crippen molar-refractivity contribution in [2.75, 3.05) is 11.4 Å². The fraction of sp³-hybridized carbons (Fsp3) is 0.222. The standard InChI is InChI=1S/C18H14ClF2NO3/c19-15-6-3-11(17(20)21)7-14(15)10-1-4-13(5-2-10)22-9-12(18(24)25)8-16(22)23/h1-7,12,17H,8-9H2,(H,24,25). The average molecular weight is 366 g/mol. The Kier molecular flexibility index (Phi) is 4.72. The number of carbonyl (C=O) groups excluding carboxylic acids is 1. The van der Waals surface area contributed by atoms with Gasteiger partial charge in [0.1, 0.15) is 0 Å². The van der Waals surface area contributed by atoms with Gasteiger partial charge in [-0.05, 0) is 29.8 Å². The number of hydrogen-bond donors (Lipinski definition) is 1. The molecule has 2 aromatic carbocycles. The molecule has 1 aliphatic rings. The van der Waals surface area contributed by atoms with E-state index in [0.29, 0.717) is 21.8 Å². The van der Waals surface area contributed by atoms with Gasteiger partial charge in [0.25, 0.3) is 6.43 Å². The molecule has 1 saturated heterocycles. The van der Waals surface area contributed by atoms with Crippen molar-refractivity contribution in [2.24, 2.45) is 5.92 Å². The van der Waals surface area contributed by atoms with Crippen LogP contribution >= 0.6 is 11.6 Å². The van der Waals surface area contributed by atoms with Crippen LogP contribution in [0.15, 0.2) is 42.5 Å². The number of nitrogens with zero attached hydrogens (tertiary/aromatic N) is 1. The molecule has 1 N–H and O–H groups in total. The number of benzene rings is 2. The molecule has 1 unspecified atom stereocenters. The summed E-state index contributed by atoms with van der Waals surface area (Å²) in [7, 11) is 0. The lowest BCUT2D eigenvalue weighted by molar-refractivity contribution is -0.141. The summed E-state index contributed by atoms with van der Waals surface area (Å²) in [6, 6.07) is 10.7. The van der Waals surface area contributed by atoms with Crippen molar-refractivity contribution in [1.82, 2.24) is 0 Å². The summed E-state index contributed by atoms with van der Waals surface area (Å²) in [5, 5.41) is 9.38. The van der Waals surface area contributed by atoms with E-state index in [1.54, 1.807) is 24.3 Å². The van der Waals surface area contributed by atoms with Crippen molar-refractivity contribution in [3.8, 4) is 11.1 Å². The van der Waals surface area contributed by atoms with Gasteiger partial charge in [-0.3, -0.25) is 9.59 Å². The van der Waals surface area contributed by atoms with E-state index in [4.69, 9.17) is 16.7 Å². The number of rotatable bonds is 4. The number of halogens is 3. The Morgan fingerprint density at radius 3 is 2.44 bits per heavy atom. The zero-order valence-electron chi connectivity index (χ0n) is 13.0. The van der Waals surface area contributed by atoms with Crippen LogP contribution in [-0.4, -0.2) is 23.5 Å². The van der Waals surface area contributed by atoms with Gasteiger partial charge in [-0.2, -0.15) is 0 Å². The molecule has 0 aliphatic carbocycles. The molecule has 1 heterocycles. The molecular weight excluding hydrogens is 352 g/mol. The summed E-state index contributed by atoms with van der Waals surface area (Å²) in [5.41, 5.74) is 1.56. The number of anilines is 1. The summed E-state index contributed by atoms with van der Waals surface area (Å²) < 4.78 is 25.7. The Bertz CT molecular complexity index is 824. The number of alkyl halides is 2. The van der Waals surface area contributed by atoms with Crippen LogP contribution in [-0.2, 0) is 9.59 Å². The first-order chi connectivity index (χ1) is 11.9. The van der Waals surface area contributed by atoms with Crippen LogP contribution in [0.2, 0.25) is 5.02 Å². The molecule has 3 rings (SSSR count). The highest BCUT2D eigenvalue weighted by molar-refractivity contribution is 6.33. The first kappa shape index (κ1) is 17.4. The maximum absolute atomic E-state index is 12.9. The fourth-order valence-electron chi connectivity index (χ4n) is 2.84. The van der Waals surface area contributed by atoms with Crippen LogP contribution in [0, 0.1) is 5.92 Å². The fourth-order valence-corrected chi connectivity index (χ4v) is 3.07. The zero-order valence-corrected chi connectivity index (χ0v) is 13.7. The number of carboxylic acid groups (broad SMARTS) is 1. The number of amides is 1. The van der Waals surface area contributed by atoms with Crippen molar-refractivity contribution in [3.63, 3.8) is 0 Å². The van der Waals surface area contributed by atoms with Gasteiger partial charge >= 0.3 is 5.97 Å². The number of aliphatic carboxylic acids is 1. The van der Waals surface area contributed by atoms with Crippen LogP contribution in [0.4, 0.5) is 14.5 Å². The lowest BCUT2D eigenvalue weighted by Gasteiger charge is -2.17. The summed E-state index contributed by atoms with van der Waals surface area (Å²) in [6.45, 7) is 0.120. The van der Waals surface area contributed by atoms with Gasteiger partial charge in [0.15, 0.2) is 0 Å². The molecule has 0 saturated carbocycles. The smallest absolute Gasteiger partial charge is 0.308 e. The lowest BCUT2D eigenvalue weighted by atomic mass is 10.0. The number of carboxylic acids is 1. The van der Waals surface area contributed by atoms with Gasteiger partial charge in [-0.1, -0.05) is 29.8 Å². The van der Waals surface area contributed by atoms with Gasteiger partial charge in [-0.15, -0.1) is 0 Å². The quantitative estimate of drug-likeness (QED) is 0.874. The molecule has 130 valence electrons. The van der Waals surface area contributed by atoms with E-state index in [-0.39, 0.29) is 24.4 Å². The zero-order chi connectivity index (χ0) is 18.1. The largest absolute Gasteiger partial charge is 0.481 e. The maximum atomic E-state index is 12.9. The Labute approximate surface area is 147 Å². The second-order valence-corrected chi connectivity index (χ2v) is 6.24. The van der Waals surface area contributed by atoms with Crippen LogP contribution in [0.5, 0.6) is 0 Å². The van der Waals surface area contributed by atoms with E-state index in [0.717, 1.165) is 0 Å². The van der Waals surface area contributed by atoms with Crippen LogP contribution in [0.1, 0.15) is 18.4 Å². The molecule has 0 bridgehead atoms. The first-order valence-electron chi connectivity index (χ1n) is 7.58. The molecule has 1 aliphatic heterocycles. The highest BCUT2D eigenvalue weighted by atomic mass is 35.5. The van der Waals surface area contributed by atoms with Crippen molar-refractivity contribution < 1.29 is 23.5 Å². The third-order valence-electron chi connectivity index (χ3n) is 4.21. The van der Waals surface area contributed by atoms with Crippen molar-refractivity contribution in [2.45, 2.75) is 12.8 Å². The van der Waals surface area contributed by atoms with Crippen LogP contribution in [0.25, 0.3) is 11.1 Å². The Morgan fingerprint density at radius 2 is 1.88 bits per heavy atom. The van der Waals surface area contributed by atoms with Crippen molar-refractivity contribution in [1.29, 1.82) is 0 Å². The molecule has 25 heavy (non-hydrogen) atoms. The predicted molar refractivity (Wildman–Crippen MR) is 89.9 cm³/mol. The minimum atomic E-state index is -2.59. The molecule has 0 spiro atoms. The van der Waals surface area contributed by atoms with E-state index < -0.39 is 18.3 Å². The normalized spacial score (nSPS) is 17.4. The molecule has 1 fully saturated rings. The Hall–Kier alpha value is -2.47. The van der Waals surface area contributed by atoms with Gasteiger partial charge in [-0.25, -0.2) is 8.78 Å².